The van der Waals surface area contributed by atoms with Crippen LogP contribution in [0.25, 0.3) is 22.4 Å². The molecule has 0 amide bonds. The van der Waals surface area contributed by atoms with Crippen LogP contribution >= 0.6 is 11.6 Å². The predicted molar refractivity (Wildman–Crippen MR) is 77.1 cm³/mol. The second-order valence-corrected chi connectivity index (χ2v) is 5.17. The molecular formula is C13H14ClN5. The summed E-state index contributed by atoms with van der Waals surface area (Å²) in [7, 11) is 0. The Kier molecular flexibility index (Phi) is 2.71. The molecule has 0 radical (unpaired) electrons. The first-order valence-electron chi connectivity index (χ1n) is 6.04. The smallest absolute Gasteiger partial charge is 0.146 e. The fourth-order valence-electron chi connectivity index (χ4n) is 2.26. The zero-order valence-electron chi connectivity index (χ0n) is 10.7. The number of benzene rings is 1. The summed E-state index contributed by atoms with van der Waals surface area (Å²) in [5.74, 6) is 1.32. The van der Waals surface area contributed by atoms with Gasteiger partial charge in [-0.1, -0.05) is 11.6 Å². The van der Waals surface area contributed by atoms with Crippen LogP contribution in [0.4, 0.5) is 5.82 Å². The third kappa shape index (κ3) is 1.86. The van der Waals surface area contributed by atoms with E-state index in [0.717, 1.165) is 22.4 Å². The fraction of sp³-hybridized carbons (Fsp3) is 0.231. The van der Waals surface area contributed by atoms with Crippen LogP contribution < -0.4 is 5.73 Å². The van der Waals surface area contributed by atoms with Gasteiger partial charge in [-0.25, -0.2) is 4.98 Å². The Labute approximate surface area is 115 Å². The number of nitrogens with one attached hydrogen (secondary N) is 1. The molecule has 3 aromatic rings. The molecule has 6 heteroatoms. The van der Waals surface area contributed by atoms with Crippen LogP contribution in [0.15, 0.2) is 24.4 Å². The lowest BCUT2D eigenvalue weighted by atomic mass is 10.2. The zero-order valence-corrected chi connectivity index (χ0v) is 11.4. The highest BCUT2D eigenvalue weighted by Crippen LogP contribution is 2.31. The molecular weight excluding hydrogens is 262 g/mol. The number of imidazole rings is 1. The molecule has 0 aliphatic heterocycles. The first kappa shape index (κ1) is 12.0. The first-order chi connectivity index (χ1) is 9.08. The molecule has 1 aromatic carbocycles. The summed E-state index contributed by atoms with van der Waals surface area (Å²) in [4.78, 5) is 4.64. The Hall–Kier alpha value is -2.01. The lowest BCUT2D eigenvalue weighted by Gasteiger charge is -2.12. The maximum absolute atomic E-state index is 6.02. The second-order valence-electron chi connectivity index (χ2n) is 4.73. The van der Waals surface area contributed by atoms with Gasteiger partial charge in [0, 0.05) is 11.1 Å². The van der Waals surface area contributed by atoms with Crippen molar-refractivity contribution in [3.8, 4) is 11.4 Å². The Morgan fingerprint density at radius 3 is 2.79 bits per heavy atom. The summed E-state index contributed by atoms with van der Waals surface area (Å²) in [6.07, 6.45) is 1.69. The highest BCUT2D eigenvalue weighted by atomic mass is 35.5. The largest absolute Gasteiger partial charge is 0.383 e. The van der Waals surface area contributed by atoms with Crippen molar-refractivity contribution < 1.29 is 0 Å². The molecule has 3 rings (SSSR count). The summed E-state index contributed by atoms with van der Waals surface area (Å²) in [6, 6.07) is 5.96. The number of aromatic nitrogens is 4. The predicted octanol–water partition coefficient (Wildman–Crippen LogP) is 3.24. The van der Waals surface area contributed by atoms with E-state index in [1.54, 1.807) is 6.20 Å². The molecule has 0 aliphatic rings. The van der Waals surface area contributed by atoms with Gasteiger partial charge < -0.3 is 10.3 Å². The van der Waals surface area contributed by atoms with E-state index in [2.05, 4.69) is 33.6 Å². The van der Waals surface area contributed by atoms with E-state index in [9.17, 15) is 0 Å². The fourth-order valence-corrected chi connectivity index (χ4v) is 2.43. The van der Waals surface area contributed by atoms with Gasteiger partial charge in [0.2, 0.25) is 0 Å². The molecule has 0 bridgehead atoms. The molecule has 0 fully saturated rings. The Morgan fingerprint density at radius 2 is 2.16 bits per heavy atom. The summed E-state index contributed by atoms with van der Waals surface area (Å²) < 4.78 is 2.13. The van der Waals surface area contributed by atoms with Crippen LogP contribution in [0.2, 0.25) is 5.02 Å². The van der Waals surface area contributed by atoms with Crippen molar-refractivity contribution in [3.63, 3.8) is 0 Å². The maximum Gasteiger partial charge on any atom is 0.146 e. The van der Waals surface area contributed by atoms with Crippen LogP contribution in [-0.2, 0) is 0 Å². The highest BCUT2D eigenvalue weighted by molar-refractivity contribution is 6.31. The monoisotopic (exact) mass is 275 g/mol. The molecule has 0 atom stereocenters. The van der Waals surface area contributed by atoms with Crippen molar-refractivity contribution in [2.24, 2.45) is 0 Å². The number of nitrogens with zero attached hydrogens (tertiary/aromatic N) is 3. The number of rotatable bonds is 2. The van der Waals surface area contributed by atoms with Crippen molar-refractivity contribution in [1.82, 2.24) is 19.7 Å². The minimum atomic E-state index is 0.260. The van der Waals surface area contributed by atoms with Gasteiger partial charge >= 0.3 is 0 Å². The number of hydrogen-bond donors (Lipinski definition) is 2. The van der Waals surface area contributed by atoms with Gasteiger partial charge in [-0.3, -0.25) is 5.10 Å². The number of anilines is 1. The maximum atomic E-state index is 6.02. The van der Waals surface area contributed by atoms with Gasteiger partial charge in [0.1, 0.15) is 11.6 Å². The number of nitrogens with two attached hydrogens (primary N) is 1. The number of halogens is 1. The lowest BCUT2D eigenvalue weighted by molar-refractivity contribution is 0.624. The van der Waals surface area contributed by atoms with E-state index in [-0.39, 0.29) is 6.04 Å². The van der Waals surface area contributed by atoms with Crippen molar-refractivity contribution in [1.29, 1.82) is 0 Å². The number of aromatic amines is 1. The standard InChI is InChI=1S/C13H14ClN5/c1-7(2)19-11-4-3-8(14)5-10(11)17-13(19)9-6-16-18-12(9)15/h3-7H,1-2H3,(H3,15,16,18). The third-order valence-corrected chi connectivity index (χ3v) is 3.31. The Morgan fingerprint density at radius 1 is 1.37 bits per heavy atom. The molecule has 0 spiro atoms. The molecule has 98 valence electrons. The van der Waals surface area contributed by atoms with Crippen LogP contribution in [-0.4, -0.2) is 19.7 Å². The van der Waals surface area contributed by atoms with Crippen molar-refractivity contribution in [2.75, 3.05) is 5.73 Å². The van der Waals surface area contributed by atoms with Gasteiger partial charge in [-0.05, 0) is 32.0 Å². The van der Waals surface area contributed by atoms with E-state index in [0.29, 0.717) is 10.8 Å². The third-order valence-electron chi connectivity index (χ3n) is 3.08. The van der Waals surface area contributed by atoms with Crippen molar-refractivity contribution in [2.45, 2.75) is 19.9 Å². The molecule has 0 unspecified atom stereocenters. The minimum Gasteiger partial charge on any atom is -0.383 e. The van der Waals surface area contributed by atoms with Gasteiger partial charge in [-0.15, -0.1) is 0 Å². The Bertz CT molecular complexity index is 741. The molecule has 2 heterocycles. The van der Waals surface area contributed by atoms with Gasteiger partial charge in [0.25, 0.3) is 0 Å². The number of fused-ring (bicyclic) bond motifs is 1. The SMILES string of the molecule is CC(C)n1c(-c2cn[nH]c2N)nc2cc(Cl)ccc21. The lowest BCUT2D eigenvalue weighted by Crippen LogP contribution is -2.03. The molecule has 0 saturated heterocycles. The Balaban J connectivity index is 2.35. The van der Waals surface area contributed by atoms with Crippen LogP contribution in [0.3, 0.4) is 0 Å². The molecule has 5 nitrogen and oxygen atoms in total. The van der Waals surface area contributed by atoms with Crippen LogP contribution in [0.5, 0.6) is 0 Å². The minimum absolute atomic E-state index is 0.260. The molecule has 19 heavy (non-hydrogen) atoms. The van der Waals surface area contributed by atoms with Crippen molar-refractivity contribution >= 4 is 28.5 Å². The van der Waals surface area contributed by atoms with E-state index in [1.807, 2.05) is 18.2 Å². The normalized spacial score (nSPS) is 11.6. The van der Waals surface area contributed by atoms with Gasteiger partial charge in [0.15, 0.2) is 0 Å². The average molecular weight is 276 g/mol. The molecule has 3 N–H and O–H groups in total. The van der Waals surface area contributed by atoms with Gasteiger partial charge in [0.05, 0.1) is 22.8 Å². The molecule has 2 aromatic heterocycles. The summed E-state index contributed by atoms with van der Waals surface area (Å²) in [6.45, 7) is 4.21. The van der Waals surface area contributed by atoms with Crippen LogP contribution in [0.1, 0.15) is 19.9 Å². The van der Waals surface area contributed by atoms with Gasteiger partial charge in [-0.2, -0.15) is 5.10 Å². The van der Waals surface area contributed by atoms with E-state index < -0.39 is 0 Å². The van der Waals surface area contributed by atoms with E-state index >= 15 is 0 Å². The molecule has 0 aliphatic carbocycles. The number of nitrogen functional groups attached to an aromatic ring is 1. The highest BCUT2D eigenvalue weighted by Gasteiger charge is 2.17. The van der Waals surface area contributed by atoms with E-state index in [1.165, 1.54) is 0 Å². The van der Waals surface area contributed by atoms with Crippen LogP contribution in [0, 0.1) is 0 Å². The number of H-pyrrole nitrogens is 1. The second kappa shape index (κ2) is 4.28. The number of hydrogen-bond acceptors (Lipinski definition) is 3. The first-order valence-corrected chi connectivity index (χ1v) is 6.42. The summed E-state index contributed by atoms with van der Waals surface area (Å²) in [5, 5.41) is 7.37. The topological polar surface area (TPSA) is 72.5 Å². The van der Waals surface area contributed by atoms with Crippen molar-refractivity contribution in [3.05, 3.63) is 29.4 Å². The van der Waals surface area contributed by atoms with E-state index in [4.69, 9.17) is 17.3 Å². The zero-order chi connectivity index (χ0) is 13.6. The molecule has 0 saturated carbocycles. The quantitative estimate of drug-likeness (QED) is 0.754. The summed E-state index contributed by atoms with van der Waals surface area (Å²) in [5.41, 5.74) is 8.60. The average Bonchev–Trinajstić information content (AvgIpc) is 2.91. The summed E-state index contributed by atoms with van der Waals surface area (Å²) >= 11 is 6.02.